The van der Waals surface area contributed by atoms with E-state index in [0.29, 0.717) is 42.6 Å². The average molecular weight is 762 g/mol. The summed E-state index contributed by atoms with van der Waals surface area (Å²) in [4.78, 5) is 13.3. The van der Waals surface area contributed by atoms with E-state index >= 15 is 0 Å². The number of amides is 1. The summed E-state index contributed by atoms with van der Waals surface area (Å²) in [7, 11) is 0. The first-order chi connectivity index (χ1) is 26.6. The van der Waals surface area contributed by atoms with Crippen LogP contribution in [0.15, 0.2) is 12.1 Å². The van der Waals surface area contributed by atoms with Gasteiger partial charge in [-0.2, -0.15) is 0 Å². The van der Waals surface area contributed by atoms with E-state index in [2.05, 4.69) is 26.1 Å². The molecule has 1 rings (SSSR count). The summed E-state index contributed by atoms with van der Waals surface area (Å²) in [6, 6.07) is 3.56. The number of rotatable bonds is 41. The third kappa shape index (κ3) is 27.6. The molecule has 1 aromatic carbocycles. The molecule has 1 amide bonds. The van der Waals surface area contributed by atoms with Gasteiger partial charge >= 0.3 is 0 Å². The highest BCUT2D eigenvalue weighted by Crippen LogP contribution is 2.40. The van der Waals surface area contributed by atoms with Crippen molar-refractivity contribution in [2.75, 3.05) is 39.6 Å². The van der Waals surface area contributed by atoms with Gasteiger partial charge in [0.1, 0.15) is 0 Å². The van der Waals surface area contributed by atoms with Crippen LogP contribution in [0.2, 0.25) is 0 Å². The maximum Gasteiger partial charge on any atom is 0.251 e. The second-order valence-electron chi connectivity index (χ2n) is 15.8. The highest BCUT2D eigenvalue weighted by atomic mass is 16.5. The Hall–Kier alpha value is -1.99. The number of carbonyl (C=O) groups excluding carboxylic acids is 1. The zero-order valence-corrected chi connectivity index (χ0v) is 35.7. The molecule has 0 aliphatic rings. The van der Waals surface area contributed by atoms with Gasteiger partial charge < -0.3 is 29.7 Å². The lowest BCUT2D eigenvalue weighted by Gasteiger charge is -2.19. The fourth-order valence-electron chi connectivity index (χ4n) is 6.90. The van der Waals surface area contributed by atoms with Gasteiger partial charge in [0.2, 0.25) is 5.75 Å². The molecule has 7 heteroatoms. The Morgan fingerprint density at radius 3 is 1.09 bits per heavy atom. The summed E-state index contributed by atoms with van der Waals surface area (Å²) in [6.45, 7) is 8.30. The molecule has 0 spiro atoms. The van der Waals surface area contributed by atoms with E-state index in [-0.39, 0.29) is 25.7 Å². The number of unbranched alkanes of at least 4 members (excludes halogenated alkanes) is 27. The molecule has 316 valence electrons. The number of hydrogen-bond acceptors (Lipinski definition) is 6. The van der Waals surface area contributed by atoms with E-state index in [1.807, 2.05) is 0 Å². The normalized spacial score (nSPS) is 11.4. The molecule has 0 aliphatic heterocycles. The summed E-state index contributed by atoms with van der Waals surface area (Å²) in [5.74, 6) is 1.03. The number of benzene rings is 1. The molecular formula is C47H87NO6. The molecule has 0 unspecified atom stereocenters. The van der Waals surface area contributed by atoms with Crippen molar-refractivity contribution in [1.29, 1.82) is 0 Å². The van der Waals surface area contributed by atoms with Crippen LogP contribution in [0.5, 0.6) is 17.2 Å². The number of aliphatic hydroxyl groups is 2. The van der Waals surface area contributed by atoms with Gasteiger partial charge in [-0.15, -0.1) is 0 Å². The molecular weight excluding hydrogens is 675 g/mol. The maximum absolute atomic E-state index is 13.3. The standard InChI is InChI=1S/C47H87NO6/c1-4-7-10-13-16-19-22-25-28-31-34-52-44-37-43(47(51)48-39-42(40-49)41-50)38-45(53-35-32-29-26-23-20-17-14-11-8-5-2)46(44)54-36-33-30-27-24-21-18-15-12-9-6-3/h37-38,42,49-50H,4-36,39-41H2,1-3H3,(H,48,51). The van der Waals surface area contributed by atoms with Gasteiger partial charge in [0.15, 0.2) is 11.5 Å². The van der Waals surface area contributed by atoms with Crippen molar-refractivity contribution >= 4 is 5.91 Å². The Bertz CT molecular complexity index is 921. The molecule has 1 aromatic rings. The molecule has 7 nitrogen and oxygen atoms in total. The Labute approximate surface area is 333 Å². The fourth-order valence-corrected chi connectivity index (χ4v) is 6.90. The van der Waals surface area contributed by atoms with Crippen LogP contribution in [0.3, 0.4) is 0 Å². The average Bonchev–Trinajstić information content (AvgIpc) is 3.18. The van der Waals surface area contributed by atoms with Crippen LogP contribution in [-0.2, 0) is 0 Å². The number of ether oxygens (including phenoxy) is 3. The van der Waals surface area contributed by atoms with Crippen LogP contribution >= 0.6 is 0 Å². The smallest absolute Gasteiger partial charge is 0.251 e. The highest BCUT2D eigenvalue weighted by molar-refractivity contribution is 5.95. The SMILES string of the molecule is CCCCCCCCCCCCOc1cc(C(=O)NCC(CO)CO)cc(OCCCCCCCCCCCC)c1OCCCCCCCCCCCC. The summed E-state index contributed by atoms with van der Waals surface area (Å²) in [5, 5.41) is 21.9. The zero-order chi connectivity index (χ0) is 39.2. The molecule has 0 atom stereocenters. The third-order valence-electron chi connectivity index (χ3n) is 10.6. The monoisotopic (exact) mass is 762 g/mol. The van der Waals surface area contributed by atoms with Crippen molar-refractivity contribution in [3.63, 3.8) is 0 Å². The second kappa shape index (κ2) is 37.9. The minimum absolute atomic E-state index is 0.187. The quantitative estimate of drug-likeness (QED) is 0.0575. The van der Waals surface area contributed by atoms with Crippen molar-refractivity contribution in [3.05, 3.63) is 17.7 Å². The third-order valence-corrected chi connectivity index (χ3v) is 10.6. The Kier molecular flexibility index (Phi) is 35.1. The van der Waals surface area contributed by atoms with Gasteiger partial charge in [-0.05, 0) is 31.4 Å². The van der Waals surface area contributed by atoms with E-state index in [4.69, 9.17) is 14.2 Å². The maximum atomic E-state index is 13.3. The minimum Gasteiger partial charge on any atom is -0.490 e. The first-order valence-electron chi connectivity index (χ1n) is 23.2. The van der Waals surface area contributed by atoms with Crippen molar-refractivity contribution in [2.45, 2.75) is 213 Å². The van der Waals surface area contributed by atoms with Crippen LogP contribution in [0, 0.1) is 5.92 Å². The first kappa shape index (κ1) is 50.0. The van der Waals surface area contributed by atoms with Gasteiger partial charge in [0.05, 0.1) is 19.8 Å². The lowest BCUT2D eigenvalue weighted by molar-refractivity contribution is 0.0920. The lowest BCUT2D eigenvalue weighted by Crippen LogP contribution is -2.32. The van der Waals surface area contributed by atoms with Crippen LogP contribution in [0.25, 0.3) is 0 Å². The van der Waals surface area contributed by atoms with Gasteiger partial charge in [-0.25, -0.2) is 0 Å². The predicted molar refractivity (Wildman–Crippen MR) is 228 cm³/mol. The number of hydrogen-bond donors (Lipinski definition) is 3. The van der Waals surface area contributed by atoms with Crippen molar-refractivity contribution in [3.8, 4) is 17.2 Å². The lowest BCUT2D eigenvalue weighted by atomic mass is 10.1. The fraction of sp³-hybridized carbons (Fsp3) is 0.851. The van der Waals surface area contributed by atoms with Crippen molar-refractivity contribution < 1.29 is 29.2 Å². The van der Waals surface area contributed by atoms with E-state index < -0.39 is 5.92 Å². The molecule has 0 fully saturated rings. The molecule has 0 aromatic heterocycles. The number of carbonyl (C=O) groups is 1. The van der Waals surface area contributed by atoms with E-state index in [1.54, 1.807) is 12.1 Å². The summed E-state index contributed by atoms with van der Waals surface area (Å²) >= 11 is 0. The number of nitrogens with one attached hydrogen (secondary N) is 1. The predicted octanol–water partition coefficient (Wildman–Crippen LogP) is 12.9. The molecule has 0 saturated carbocycles. The molecule has 0 heterocycles. The molecule has 0 aliphatic carbocycles. The largest absolute Gasteiger partial charge is 0.490 e. The molecule has 3 N–H and O–H groups in total. The molecule has 0 bridgehead atoms. The van der Waals surface area contributed by atoms with Crippen molar-refractivity contribution in [2.24, 2.45) is 5.92 Å². The van der Waals surface area contributed by atoms with Crippen molar-refractivity contribution in [1.82, 2.24) is 5.32 Å². The molecule has 0 saturated heterocycles. The summed E-state index contributed by atoms with van der Waals surface area (Å²) in [5.41, 5.74) is 0.437. The van der Waals surface area contributed by atoms with Gasteiger partial charge in [-0.1, -0.05) is 194 Å². The van der Waals surface area contributed by atoms with Gasteiger partial charge in [0.25, 0.3) is 5.91 Å². The minimum atomic E-state index is -0.406. The number of aliphatic hydroxyl groups excluding tert-OH is 2. The Morgan fingerprint density at radius 1 is 0.481 bits per heavy atom. The summed E-state index contributed by atoms with van der Waals surface area (Å²) < 4.78 is 19.3. The van der Waals surface area contributed by atoms with Crippen LogP contribution in [-0.4, -0.2) is 55.7 Å². The van der Waals surface area contributed by atoms with Crippen LogP contribution in [0.1, 0.15) is 224 Å². The Balaban J connectivity index is 2.88. The van der Waals surface area contributed by atoms with Crippen LogP contribution < -0.4 is 19.5 Å². The van der Waals surface area contributed by atoms with Crippen LogP contribution in [0.4, 0.5) is 0 Å². The first-order valence-corrected chi connectivity index (χ1v) is 23.2. The topological polar surface area (TPSA) is 97.3 Å². The van der Waals surface area contributed by atoms with E-state index in [9.17, 15) is 15.0 Å². The van der Waals surface area contributed by atoms with E-state index in [1.165, 1.54) is 154 Å². The van der Waals surface area contributed by atoms with Gasteiger partial charge in [-0.3, -0.25) is 4.79 Å². The molecule has 0 radical (unpaired) electrons. The highest BCUT2D eigenvalue weighted by Gasteiger charge is 2.20. The van der Waals surface area contributed by atoms with E-state index in [0.717, 1.165) is 38.5 Å². The summed E-state index contributed by atoms with van der Waals surface area (Å²) in [6.07, 6.45) is 37.8. The Morgan fingerprint density at radius 2 is 0.778 bits per heavy atom. The second-order valence-corrected chi connectivity index (χ2v) is 15.8. The zero-order valence-electron chi connectivity index (χ0n) is 35.7. The van der Waals surface area contributed by atoms with Gasteiger partial charge in [0, 0.05) is 31.2 Å². The molecule has 54 heavy (non-hydrogen) atoms.